The van der Waals surface area contributed by atoms with Crippen molar-refractivity contribution in [3.63, 3.8) is 0 Å². The van der Waals surface area contributed by atoms with Gasteiger partial charge in [0.1, 0.15) is 5.54 Å². The molecule has 0 radical (unpaired) electrons. The van der Waals surface area contributed by atoms with Gasteiger partial charge in [-0.3, -0.25) is 4.79 Å². The molecule has 3 aromatic carbocycles. The lowest BCUT2D eigenvalue weighted by molar-refractivity contribution is -0.121. The van der Waals surface area contributed by atoms with E-state index in [0.29, 0.717) is 10.8 Å². The average Bonchev–Trinajstić information content (AvgIpc) is 3.27. The predicted molar refractivity (Wildman–Crippen MR) is 126 cm³/mol. The summed E-state index contributed by atoms with van der Waals surface area (Å²) in [5.41, 5.74) is 3.01. The first-order valence-corrected chi connectivity index (χ1v) is 11.0. The van der Waals surface area contributed by atoms with Crippen LogP contribution in [0, 0.1) is 0 Å². The Morgan fingerprint density at radius 2 is 1.35 bits per heavy atom. The lowest BCUT2D eigenvalue weighted by Crippen LogP contribution is -2.38. The standard InChI is InChI=1S/C25H21ClN2O2S/c1-30-22(23(26)29)21-17-31-24(27-21)28-25(18-11-5-2-6-12-18,19-13-7-3-8-14-19)20-15-9-4-10-16-20/h2-17,22H,1H3,(H,27,28). The van der Waals surface area contributed by atoms with E-state index in [-0.39, 0.29) is 0 Å². The zero-order valence-corrected chi connectivity index (χ0v) is 18.4. The number of anilines is 1. The van der Waals surface area contributed by atoms with Crippen molar-refractivity contribution in [3.05, 3.63) is 119 Å². The highest BCUT2D eigenvalue weighted by atomic mass is 35.5. The third-order valence-electron chi connectivity index (χ3n) is 5.15. The van der Waals surface area contributed by atoms with Crippen molar-refractivity contribution in [2.75, 3.05) is 12.4 Å². The zero-order valence-electron chi connectivity index (χ0n) is 16.9. The number of hydrogen-bond acceptors (Lipinski definition) is 5. The van der Waals surface area contributed by atoms with Crippen molar-refractivity contribution in [3.8, 4) is 0 Å². The van der Waals surface area contributed by atoms with Crippen LogP contribution < -0.4 is 5.32 Å². The summed E-state index contributed by atoms with van der Waals surface area (Å²) >= 11 is 7.10. The molecule has 0 fully saturated rings. The summed E-state index contributed by atoms with van der Waals surface area (Å²) < 4.78 is 5.23. The molecule has 0 bridgehead atoms. The molecule has 0 saturated heterocycles. The molecule has 1 aromatic heterocycles. The van der Waals surface area contributed by atoms with E-state index in [4.69, 9.17) is 16.3 Å². The van der Waals surface area contributed by atoms with Crippen molar-refractivity contribution in [2.45, 2.75) is 11.6 Å². The predicted octanol–water partition coefficient (Wildman–Crippen LogP) is 6.00. The maximum Gasteiger partial charge on any atom is 0.256 e. The first-order valence-electron chi connectivity index (χ1n) is 9.77. The van der Waals surface area contributed by atoms with E-state index < -0.39 is 16.9 Å². The monoisotopic (exact) mass is 448 g/mol. The van der Waals surface area contributed by atoms with E-state index in [2.05, 4.69) is 46.7 Å². The Bertz CT molecular complexity index is 1040. The number of thiazole rings is 1. The van der Waals surface area contributed by atoms with E-state index in [1.54, 1.807) is 5.38 Å². The van der Waals surface area contributed by atoms with Crippen molar-refractivity contribution in [1.29, 1.82) is 0 Å². The number of benzene rings is 3. The molecule has 0 spiro atoms. The van der Waals surface area contributed by atoms with Gasteiger partial charge in [0.15, 0.2) is 11.2 Å². The van der Waals surface area contributed by atoms with E-state index >= 15 is 0 Å². The average molecular weight is 449 g/mol. The lowest BCUT2D eigenvalue weighted by Gasteiger charge is -2.36. The minimum absolute atomic E-state index is 0.484. The molecule has 1 atom stereocenters. The number of hydrogen-bond donors (Lipinski definition) is 1. The molecule has 4 nitrogen and oxygen atoms in total. The quantitative estimate of drug-likeness (QED) is 0.265. The third kappa shape index (κ3) is 4.26. The molecule has 1 heterocycles. The molecule has 31 heavy (non-hydrogen) atoms. The number of ether oxygens (including phenoxy) is 1. The Balaban J connectivity index is 1.89. The van der Waals surface area contributed by atoms with Gasteiger partial charge in [-0.2, -0.15) is 0 Å². The van der Waals surface area contributed by atoms with E-state index in [9.17, 15) is 4.79 Å². The first kappa shape index (κ1) is 21.2. The van der Waals surface area contributed by atoms with Crippen LogP contribution in [0.25, 0.3) is 0 Å². The smallest absolute Gasteiger partial charge is 0.256 e. The highest BCUT2D eigenvalue weighted by Crippen LogP contribution is 2.41. The van der Waals surface area contributed by atoms with Gasteiger partial charge in [-0.15, -0.1) is 11.3 Å². The first-order chi connectivity index (χ1) is 15.1. The van der Waals surface area contributed by atoms with Crippen molar-refractivity contribution in [2.24, 2.45) is 0 Å². The Labute approximate surface area is 190 Å². The molecule has 6 heteroatoms. The van der Waals surface area contributed by atoms with Gasteiger partial charge < -0.3 is 10.1 Å². The van der Waals surface area contributed by atoms with Crippen LogP contribution in [0.1, 0.15) is 28.5 Å². The minimum atomic E-state index is -0.895. The van der Waals surface area contributed by atoms with Crippen LogP contribution in [0.4, 0.5) is 5.13 Å². The lowest BCUT2D eigenvalue weighted by atomic mass is 9.77. The van der Waals surface area contributed by atoms with Crippen molar-refractivity contribution < 1.29 is 9.53 Å². The number of nitrogens with one attached hydrogen (secondary N) is 1. The van der Waals surface area contributed by atoms with Gasteiger partial charge >= 0.3 is 0 Å². The molecule has 0 aliphatic heterocycles. The summed E-state index contributed by atoms with van der Waals surface area (Å²) in [6, 6.07) is 30.8. The molecule has 1 N–H and O–H groups in total. The van der Waals surface area contributed by atoms with E-state index in [0.717, 1.165) is 16.7 Å². The van der Waals surface area contributed by atoms with Gasteiger partial charge in [0.2, 0.25) is 0 Å². The number of methoxy groups -OCH3 is 1. The number of carbonyl (C=O) groups excluding carboxylic acids is 1. The highest BCUT2D eigenvalue weighted by Gasteiger charge is 2.37. The molecule has 4 rings (SSSR count). The van der Waals surface area contributed by atoms with Crippen LogP contribution in [-0.2, 0) is 15.1 Å². The van der Waals surface area contributed by atoms with Crippen LogP contribution in [0.15, 0.2) is 96.4 Å². The second kappa shape index (κ2) is 9.43. The fraction of sp³-hybridized carbons (Fsp3) is 0.120. The fourth-order valence-electron chi connectivity index (χ4n) is 3.74. The topological polar surface area (TPSA) is 51.2 Å². The number of rotatable bonds is 8. The Morgan fingerprint density at radius 1 is 0.903 bits per heavy atom. The summed E-state index contributed by atoms with van der Waals surface area (Å²) in [5.74, 6) is 0. The molecule has 0 amide bonds. The summed E-state index contributed by atoms with van der Waals surface area (Å²) in [4.78, 5) is 16.4. The Morgan fingerprint density at radius 3 is 1.74 bits per heavy atom. The van der Waals surface area contributed by atoms with Gasteiger partial charge in [0.25, 0.3) is 5.24 Å². The minimum Gasteiger partial charge on any atom is -0.366 e. The summed E-state index contributed by atoms with van der Waals surface area (Å²) in [6.45, 7) is 0. The van der Waals surface area contributed by atoms with Crippen molar-refractivity contribution >= 4 is 33.3 Å². The number of nitrogens with zero attached hydrogens (tertiary/aromatic N) is 1. The number of carbonyl (C=O) groups is 1. The Kier molecular flexibility index (Phi) is 6.47. The molecule has 0 aliphatic rings. The zero-order chi connectivity index (χ0) is 21.7. The second-order valence-electron chi connectivity index (χ2n) is 6.97. The van der Waals surface area contributed by atoms with Gasteiger partial charge in [0, 0.05) is 12.5 Å². The van der Waals surface area contributed by atoms with Crippen LogP contribution in [0.5, 0.6) is 0 Å². The molecule has 1 unspecified atom stereocenters. The third-order valence-corrected chi connectivity index (χ3v) is 6.12. The molecule has 0 saturated carbocycles. The van der Waals surface area contributed by atoms with Crippen LogP contribution in [-0.4, -0.2) is 17.3 Å². The van der Waals surface area contributed by atoms with Crippen LogP contribution in [0.2, 0.25) is 0 Å². The molecule has 4 aromatic rings. The van der Waals surface area contributed by atoms with E-state index in [1.165, 1.54) is 18.4 Å². The van der Waals surface area contributed by atoms with Crippen molar-refractivity contribution in [1.82, 2.24) is 4.98 Å². The van der Waals surface area contributed by atoms with Gasteiger partial charge in [-0.1, -0.05) is 91.0 Å². The van der Waals surface area contributed by atoms with Gasteiger partial charge in [-0.05, 0) is 28.3 Å². The largest absolute Gasteiger partial charge is 0.366 e. The Hall–Kier alpha value is -2.99. The molecule has 0 aliphatic carbocycles. The number of aromatic nitrogens is 1. The van der Waals surface area contributed by atoms with Crippen LogP contribution >= 0.6 is 22.9 Å². The van der Waals surface area contributed by atoms with Gasteiger partial charge in [0.05, 0.1) is 5.69 Å². The highest BCUT2D eigenvalue weighted by molar-refractivity contribution is 7.13. The normalized spacial score (nSPS) is 12.3. The maximum atomic E-state index is 11.7. The number of halogens is 1. The van der Waals surface area contributed by atoms with E-state index in [1.807, 2.05) is 54.6 Å². The summed E-state index contributed by atoms with van der Waals surface area (Å²) in [6.07, 6.45) is -0.895. The fourth-order valence-corrected chi connectivity index (χ4v) is 4.71. The summed E-state index contributed by atoms with van der Waals surface area (Å²) in [7, 11) is 1.44. The maximum absolute atomic E-state index is 11.7. The molecular formula is C25H21ClN2O2S. The van der Waals surface area contributed by atoms with Gasteiger partial charge in [-0.25, -0.2) is 4.98 Å². The molecular weight excluding hydrogens is 428 g/mol. The molecule has 156 valence electrons. The summed E-state index contributed by atoms with van der Waals surface area (Å²) in [5, 5.41) is 5.53. The SMILES string of the molecule is COC(C(=O)Cl)c1csc(NC(c2ccccc2)(c2ccccc2)c2ccccc2)n1. The van der Waals surface area contributed by atoms with Crippen LogP contribution in [0.3, 0.4) is 0 Å². The second-order valence-corrected chi connectivity index (χ2v) is 8.20.